The van der Waals surface area contributed by atoms with Gasteiger partial charge in [0.25, 0.3) is 0 Å². The molecule has 0 aliphatic carbocycles. The molecule has 8 heteroatoms. The van der Waals surface area contributed by atoms with E-state index in [9.17, 15) is 4.79 Å². The highest BCUT2D eigenvalue weighted by Crippen LogP contribution is 2.25. The van der Waals surface area contributed by atoms with Crippen molar-refractivity contribution < 1.29 is 4.74 Å². The molecule has 0 amide bonds. The van der Waals surface area contributed by atoms with E-state index in [1.807, 2.05) is 42.6 Å². The van der Waals surface area contributed by atoms with Gasteiger partial charge in [0, 0.05) is 66.8 Å². The van der Waals surface area contributed by atoms with E-state index in [1.165, 1.54) is 6.07 Å². The molecular formula is C24H22N6O2. The fourth-order valence-electron chi connectivity index (χ4n) is 3.03. The number of ether oxygens (including phenoxy) is 1. The fourth-order valence-corrected chi connectivity index (χ4v) is 3.03. The molecule has 0 bridgehead atoms. The second-order valence-electron chi connectivity index (χ2n) is 7.01. The zero-order valence-electron chi connectivity index (χ0n) is 17.6. The summed E-state index contributed by atoms with van der Waals surface area (Å²) >= 11 is 0. The lowest BCUT2D eigenvalue weighted by Crippen LogP contribution is -2.19. The molecular weight excluding hydrogens is 404 g/mol. The predicted octanol–water partition coefficient (Wildman–Crippen LogP) is 3.49. The highest BCUT2D eigenvalue weighted by Gasteiger charge is 2.06. The monoisotopic (exact) mass is 426 g/mol. The summed E-state index contributed by atoms with van der Waals surface area (Å²) < 4.78 is 7.50. The smallest absolute Gasteiger partial charge is 0.206 e. The summed E-state index contributed by atoms with van der Waals surface area (Å²) in [4.78, 5) is 20.9. The van der Waals surface area contributed by atoms with Gasteiger partial charge in [-0.25, -0.2) is 0 Å². The van der Waals surface area contributed by atoms with Crippen molar-refractivity contribution in [3.63, 3.8) is 0 Å². The number of aromatic nitrogens is 4. The minimum Gasteiger partial charge on any atom is -0.487 e. The van der Waals surface area contributed by atoms with Crippen molar-refractivity contribution in [1.82, 2.24) is 24.8 Å². The van der Waals surface area contributed by atoms with Crippen LogP contribution < -0.4 is 10.2 Å². The van der Waals surface area contributed by atoms with Crippen molar-refractivity contribution in [3.8, 4) is 16.9 Å². The summed E-state index contributed by atoms with van der Waals surface area (Å²) in [5.41, 5.74) is 2.96. The molecule has 0 aliphatic heterocycles. The average Bonchev–Trinajstić information content (AvgIpc) is 2.84. The average molecular weight is 426 g/mol. The van der Waals surface area contributed by atoms with E-state index in [2.05, 4.69) is 26.7 Å². The Bertz CT molecular complexity index is 1320. The summed E-state index contributed by atoms with van der Waals surface area (Å²) in [6.07, 6.45) is 10.3. The Hall–Kier alpha value is -4.33. The number of benzene rings is 1. The largest absolute Gasteiger partial charge is 0.487 e. The third-order valence-corrected chi connectivity index (χ3v) is 4.75. The Morgan fingerprint density at radius 1 is 1.19 bits per heavy atom. The van der Waals surface area contributed by atoms with Crippen LogP contribution in [-0.2, 0) is 13.2 Å². The van der Waals surface area contributed by atoms with Crippen molar-refractivity contribution in [2.45, 2.75) is 13.2 Å². The van der Waals surface area contributed by atoms with Crippen molar-refractivity contribution in [3.05, 3.63) is 95.9 Å². The lowest BCUT2D eigenvalue weighted by molar-refractivity contribution is 0.296. The Kier molecular flexibility index (Phi) is 6.31. The van der Waals surface area contributed by atoms with E-state index < -0.39 is 0 Å². The summed E-state index contributed by atoms with van der Waals surface area (Å²) in [6.45, 7) is 4.11. The third-order valence-electron chi connectivity index (χ3n) is 4.75. The lowest BCUT2D eigenvalue weighted by atomic mass is 10.1. The zero-order valence-corrected chi connectivity index (χ0v) is 17.6. The maximum atomic E-state index is 12.2. The Morgan fingerprint density at radius 2 is 2.09 bits per heavy atom. The van der Waals surface area contributed by atoms with Gasteiger partial charge >= 0.3 is 0 Å². The predicted molar refractivity (Wildman–Crippen MR) is 124 cm³/mol. The molecule has 0 saturated carbocycles. The van der Waals surface area contributed by atoms with E-state index in [0.29, 0.717) is 18.0 Å². The van der Waals surface area contributed by atoms with Crippen LogP contribution >= 0.6 is 0 Å². The quantitative estimate of drug-likeness (QED) is 0.317. The Morgan fingerprint density at radius 3 is 2.91 bits per heavy atom. The first-order chi connectivity index (χ1) is 15.6. The second-order valence-corrected chi connectivity index (χ2v) is 7.01. The molecule has 0 unspecified atom stereocenters. The molecule has 4 aromatic rings. The highest BCUT2D eigenvalue weighted by molar-refractivity contribution is 5.84. The topological polar surface area (TPSA) is 85.5 Å². The molecule has 160 valence electrons. The van der Waals surface area contributed by atoms with Gasteiger partial charge in [-0.1, -0.05) is 12.6 Å². The number of nitrogens with zero attached hydrogens (tertiary/aromatic N) is 6. The van der Waals surface area contributed by atoms with Gasteiger partial charge in [0.2, 0.25) is 5.43 Å². The maximum absolute atomic E-state index is 12.2. The van der Waals surface area contributed by atoms with E-state index in [-0.39, 0.29) is 12.0 Å². The molecule has 0 radical (unpaired) electrons. The van der Waals surface area contributed by atoms with Crippen molar-refractivity contribution in [2.24, 2.45) is 5.10 Å². The number of hydrogen-bond acceptors (Lipinski definition) is 7. The number of hydrogen-bond donors (Lipinski definition) is 0. The lowest BCUT2D eigenvalue weighted by Gasteiger charge is -2.09. The van der Waals surface area contributed by atoms with Crippen LogP contribution in [0.4, 0.5) is 0 Å². The van der Waals surface area contributed by atoms with E-state index in [4.69, 9.17) is 4.74 Å². The maximum Gasteiger partial charge on any atom is 0.206 e. The molecule has 1 aromatic carbocycles. The van der Waals surface area contributed by atoms with Crippen LogP contribution in [0.25, 0.3) is 22.0 Å². The summed E-state index contributed by atoms with van der Waals surface area (Å²) in [5.74, 6) is 0.633. The molecule has 0 spiro atoms. The van der Waals surface area contributed by atoms with Gasteiger partial charge < -0.3 is 4.74 Å². The van der Waals surface area contributed by atoms with Crippen LogP contribution in [0.5, 0.6) is 5.75 Å². The molecule has 0 fully saturated rings. The Balaban J connectivity index is 1.50. The number of pyridine rings is 2. The molecule has 0 aliphatic rings. The SMILES string of the molecule is C=CN(C)/N=C\Cn1ccc(=O)c(COc2ccc3ncc(-c4cccnc4)cc3c2)n1. The number of rotatable bonds is 8. The Labute approximate surface area is 185 Å². The molecule has 0 N–H and O–H groups in total. The van der Waals surface area contributed by atoms with Gasteiger partial charge in [-0.15, -0.1) is 0 Å². The van der Waals surface area contributed by atoms with Gasteiger partial charge in [-0.3, -0.25) is 24.5 Å². The van der Waals surface area contributed by atoms with Crippen LogP contribution in [0.2, 0.25) is 0 Å². The molecule has 0 saturated heterocycles. The molecule has 32 heavy (non-hydrogen) atoms. The number of hydrazone groups is 1. The van der Waals surface area contributed by atoms with Gasteiger partial charge in [-0.05, 0) is 30.3 Å². The van der Waals surface area contributed by atoms with Crippen LogP contribution in [0.1, 0.15) is 5.69 Å². The van der Waals surface area contributed by atoms with E-state index >= 15 is 0 Å². The zero-order chi connectivity index (χ0) is 22.3. The van der Waals surface area contributed by atoms with Gasteiger partial charge in [0.05, 0.1) is 12.1 Å². The van der Waals surface area contributed by atoms with Gasteiger partial charge in [-0.2, -0.15) is 10.2 Å². The normalized spacial score (nSPS) is 11.0. The van der Waals surface area contributed by atoms with Crippen LogP contribution in [0, 0.1) is 0 Å². The first-order valence-electron chi connectivity index (χ1n) is 10.00. The third kappa shape index (κ3) is 5.04. The molecule has 3 aromatic heterocycles. The standard InChI is InChI=1S/C24H22N6O2/c1-3-29(2)27-10-12-30-11-8-24(31)23(28-30)17-32-21-6-7-22-19(14-21)13-20(16-26-22)18-5-4-9-25-15-18/h3-11,13-16H,1,12,17H2,2H3/b27-10-. The van der Waals surface area contributed by atoms with Crippen LogP contribution in [0.15, 0.2) is 89.9 Å². The van der Waals surface area contributed by atoms with Crippen LogP contribution in [-0.4, -0.2) is 38.0 Å². The van der Waals surface area contributed by atoms with Gasteiger partial charge in [0.15, 0.2) is 0 Å². The minimum absolute atomic E-state index is 0.0601. The summed E-state index contributed by atoms with van der Waals surface area (Å²) in [6, 6.07) is 13.0. The highest BCUT2D eigenvalue weighted by atomic mass is 16.5. The van der Waals surface area contributed by atoms with Crippen molar-refractivity contribution >= 4 is 17.1 Å². The first kappa shape index (κ1) is 20.9. The number of fused-ring (bicyclic) bond motifs is 1. The summed E-state index contributed by atoms with van der Waals surface area (Å²) in [7, 11) is 1.78. The minimum atomic E-state index is -0.178. The summed E-state index contributed by atoms with van der Waals surface area (Å²) in [5, 5.41) is 11.0. The van der Waals surface area contributed by atoms with E-state index in [0.717, 1.165) is 22.0 Å². The van der Waals surface area contributed by atoms with Crippen molar-refractivity contribution in [2.75, 3.05) is 7.05 Å². The fraction of sp³-hybridized carbons (Fsp3) is 0.125. The second kappa shape index (κ2) is 9.65. The molecule has 3 heterocycles. The first-order valence-corrected chi connectivity index (χ1v) is 10.00. The molecule has 8 nitrogen and oxygen atoms in total. The molecule has 0 atom stereocenters. The van der Waals surface area contributed by atoms with Gasteiger partial charge in [0.1, 0.15) is 18.1 Å². The molecule has 4 rings (SSSR count). The van der Waals surface area contributed by atoms with Crippen molar-refractivity contribution in [1.29, 1.82) is 0 Å². The van der Waals surface area contributed by atoms with E-state index in [1.54, 1.807) is 47.7 Å². The van der Waals surface area contributed by atoms with Crippen LogP contribution in [0.3, 0.4) is 0 Å².